The largest absolute Gasteiger partial charge is 0.481 e. The van der Waals surface area contributed by atoms with Gasteiger partial charge in [-0.3, -0.25) is 24.0 Å². The molecule has 17 nitrogen and oxygen atoms in total. The summed E-state index contributed by atoms with van der Waals surface area (Å²) >= 11 is 3.22. The number of anilines is 1. The van der Waals surface area contributed by atoms with Gasteiger partial charge < -0.3 is 30.6 Å². The summed E-state index contributed by atoms with van der Waals surface area (Å²) in [7, 11) is 0. The molecule has 4 heterocycles. The molecule has 2 aromatic heterocycles. The molecule has 20 heteroatoms. The Labute approximate surface area is 237 Å². The Hall–Kier alpha value is -4.04. The topological polar surface area (TPSA) is 231 Å². The highest BCUT2D eigenvalue weighted by atomic mass is 32.2. The average Bonchev–Trinajstić information content (AvgIpc) is 3.57. The number of fused-ring (bicyclic) bond motifs is 1. The highest BCUT2D eigenvalue weighted by Crippen LogP contribution is 2.44. The Morgan fingerprint density at radius 3 is 2.88 bits per heavy atom. The number of nitrogens with one attached hydrogen (secondary N) is 2. The lowest BCUT2D eigenvalue weighted by atomic mass is 9.89. The molecule has 0 spiro atoms. The van der Waals surface area contributed by atoms with Crippen LogP contribution >= 0.6 is 34.9 Å². The minimum Gasteiger partial charge on any atom is -0.481 e. The number of thiazole rings is 1. The van der Waals surface area contributed by atoms with Gasteiger partial charge in [0.25, 0.3) is 5.91 Å². The van der Waals surface area contributed by atoms with Crippen LogP contribution in [0.4, 0.5) is 5.13 Å². The number of oxime groups is 1. The van der Waals surface area contributed by atoms with Gasteiger partial charge in [-0.1, -0.05) is 29.6 Å². The van der Waals surface area contributed by atoms with E-state index in [9.17, 15) is 29.1 Å². The highest BCUT2D eigenvalue weighted by molar-refractivity contribution is 8.00. The van der Waals surface area contributed by atoms with Gasteiger partial charge in [0.2, 0.25) is 17.5 Å². The molecule has 0 radical (unpaired) electrons. The molecule has 2 unspecified atom stereocenters. The molecule has 2 aromatic rings. The van der Waals surface area contributed by atoms with Gasteiger partial charge in [-0.25, -0.2) is 9.67 Å². The van der Waals surface area contributed by atoms with E-state index in [4.69, 9.17) is 9.94 Å². The van der Waals surface area contributed by atoms with Crippen molar-refractivity contribution in [3.8, 4) is 0 Å². The molecule has 0 aromatic carbocycles. The summed E-state index contributed by atoms with van der Waals surface area (Å²) in [5.74, 6) is -3.45. The molecular weight excluding hydrogens is 590 g/mol. The fourth-order valence-corrected chi connectivity index (χ4v) is 7.10. The van der Waals surface area contributed by atoms with Crippen molar-refractivity contribution >= 4 is 75.9 Å². The predicted octanol–water partition coefficient (Wildman–Crippen LogP) is -1.05. The summed E-state index contributed by atoms with van der Waals surface area (Å²) in [6, 6.07) is -0.948. The maximum atomic E-state index is 13.1. The van der Waals surface area contributed by atoms with Gasteiger partial charge in [0.05, 0.1) is 0 Å². The number of nitrogens with zero attached hydrogens (tertiary/aromatic N) is 7. The number of aromatic nitrogens is 5. The van der Waals surface area contributed by atoms with Gasteiger partial charge in [0, 0.05) is 23.4 Å². The minimum atomic E-state index is -1.37. The molecule has 4 rings (SSSR count). The monoisotopic (exact) mass is 611 g/mol. The van der Waals surface area contributed by atoms with E-state index < -0.39 is 47.1 Å². The van der Waals surface area contributed by atoms with Crippen LogP contribution in [0.25, 0.3) is 0 Å². The molecule has 2 saturated heterocycles. The van der Waals surface area contributed by atoms with Gasteiger partial charge >= 0.3 is 11.9 Å². The van der Waals surface area contributed by atoms with Gasteiger partial charge in [-0.15, -0.1) is 28.2 Å². The van der Waals surface area contributed by atoms with Crippen LogP contribution in [0.2, 0.25) is 0 Å². The van der Waals surface area contributed by atoms with Crippen molar-refractivity contribution in [1.82, 2.24) is 35.4 Å². The van der Waals surface area contributed by atoms with Crippen LogP contribution in [0.3, 0.4) is 0 Å². The zero-order chi connectivity index (χ0) is 28.9. The van der Waals surface area contributed by atoms with Crippen molar-refractivity contribution in [1.29, 1.82) is 0 Å². The molecule has 40 heavy (non-hydrogen) atoms. The number of amides is 3. The van der Waals surface area contributed by atoms with E-state index in [1.807, 2.05) is 0 Å². The Morgan fingerprint density at radius 2 is 2.17 bits per heavy atom. The lowest BCUT2D eigenvalue weighted by Crippen LogP contribution is -2.74. The predicted molar refractivity (Wildman–Crippen MR) is 141 cm³/mol. The fourth-order valence-electron chi connectivity index (χ4n) is 3.70. The van der Waals surface area contributed by atoms with E-state index in [0.29, 0.717) is 6.41 Å². The number of β-lactam (4-membered cyclic amide) rings is 1. The molecule has 0 aliphatic carbocycles. The van der Waals surface area contributed by atoms with Crippen molar-refractivity contribution in [3.63, 3.8) is 0 Å². The van der Waals surface area contributed by atoms with Crippen LogP contribution in [-0.2, 0) is 35.4 Å². The third-order valence-corrected chi connectivity index (χ3v) is 9.25. The normalized spacial score (nSPS) is 22.1. The first-order valence-electron chi connectivity index (χ1n) is 11.2. The zero-order valence-electron chi connectivity index (χ0n) is 20.3. The highest BCUT2D eigenvalue weighted by Gasteiger charge is 2.57. The van der Waals surface area contributed by atoms with Crippen LogP contribution in [0.1, 0.15) is 5.69 Å². The maximum absolute atomic E-state index is 13.1. The van der Waals surface area contributed by atoms with Crippen LogP contribution in [0, 0.1) is 5.41 Å². The molecular formula is C20H21N9O8S3. The van der Waals surface area contributed by atoms with Gasteiger partial charge in [0.1, 0.15) is 35.7 Å². The molecule has 212 valence electrons. The van der Waals surface area contributed by atoms with E-state index in [1.165, 1.54) is 28.1 Å². The van der Waals surface area contributed by atoms with Gasteiger partial charge in [0.15, 0.2) is 10.8 Å². The Morgan fingerprint density at radius 1 is 1.38 bits per heavy atom. The van der Waals surface area contributed by atoms with Crippen molar-refractivity contribution in [3.05, 3.63) is 23.7 Å². The second kappa shape index (κ2) is 12.4. The summed E-state index contributed by atoms with van der Waals surface area (Å²) in [6.07, 6.45) is 1.86. The Bertz CT molecular complexity index is 1360. The van der Waals surface area contributed by atoms with Gasteiger partial charge in [-0.05, 0) is 10.4 Å². The van der Waals surface area contributed by atoms with Crippen molar-refractivity contribution < 1.29 is 39.0 Å². The molecule has 0 saturated carbocycles. The molecule has 4 N–H and O–H groups in total. The number of carboxylic acids is 2. The zero-order valence-corrected chi connectivity index (χ0v) is 22.8. The first-order chi connectivity index (χ1) is 19.2. The number of carboxylic acid groups (broad SMARTS) is 2. The lowest BCUT2D eigenvalue weighted by Gasteiger charge is -2.53. The third kappa shape index (κ3) is 6.07. The number of carbonyl (C=O) groups excluding carboxylic acids is 3. The average molecular weight is 612 g/mol. The second-order valence-corrected chi connectivity index (χ2v) is 11.2. The summed E-state index contributed by atoms with van der Waals surface area (Å²) in [5, 5.41) is 39.9. The fraction of sp³-hybridized carbons (Fsp3) is 0.400. The number of hydrogen-bond donors (Lipinski definition) is 4. The molecule has 2 fully saturated rings. The summed E-state index contributed by atoms with van der Waals surface area (Å²) in [5.41, 5.74) is -1.48. The lowest BCUT2D eigenvalue weighted by molar-refractivity contribution is -0.157. The standard InChI is InChI=1S/C20H21N9O8S3/c1-2-3-37-25-12(10-5-38-18(22-10)21-9-30)14(33)23-13-15(34)28-6-20(17(35)36,7-39-16(13)28)8-40-19-24-26-27-29(19)4-11(31)32/h2,5,9,13,16H,1,3-4,6-8H2,(H,23,33)(H,31,32)(H,35,36)(H,21,22,30)/t13?,16-,20?/m1/s1. The van der Waals surface area contributed by atoms with E-state index in [0.717, 1.165) is 27.8 Å². The van der Waals surface area contributed by atoms with Crippen LogP contribution in [0.5, 0.6) is 0 Å². The summed E-state index contributed by atoms with van der Waals surface area (Å²) in [4.78, 5) is 70.7. The first-order valence-corrected chi connectivity index (χ1v) is 14.1. The first kappa shape index (κ1) is 29.0. The van der Waals surface area contributed by atoms with E-state index >= 15 is 0 Å². The van der Waals surface area contributed by atoms with Crippen molar-refractivity contribution in [2.45, 2.75) is 23.1 Å². The Balaban J connectivity index is 1.43. The number of hydrogen-bond acceptors (Lipinski definition) is 14. The van der Waals surface area contributed by atoms with Crippen LogP contribution < -0.4 is 10.6 Å². The molecule has 2 aliphatic rings. The number of aliphatic carboxylic acids is 2. The molecule has 2 aliphatic heterocycles. The SMILES string of the molecule is C=CCON=C(C(=O)NC1C(=O)N2CC(CSc3nnnn3CC(=O)O)(C(=O)O)CS[C@H]12)c1csc(NC=O)n1. The smallest absolute Gasteiger partial charge is 0.325 e. The Kier molecular flexibility index (Phi) is 9.00. The van der Waals surface area contributed by atoms with E-state index in [-0.39, 0.29) is 46.4 Å². The van der Waals surface area contributed by atoms with Crippen LogP contribution in [0.15, 0.2) is 28.3 Å². The van der Waals surface area contributed by atoms with Crippen LogP contribution in [-0.4, -0.2) is 112 Å². The molecule has 0 bridgehead atoms. The number of rotatable bonds is 14. The van der Waals surface area contributed by atoms with E-state index in [2.05, 4.69) is 42.9 Å². The maximum Gasteiger partial charge on any atom is 0.325 e. The summed E-state index contributed by atoms with van der Waals surface area (Å²) in [6.45, 7) is 2.90. The third-order valence-electron chi connectivity index (χ3n) is 5.64. The van der Waals surface area contributed by atoms with Gasteiger partial charge in [-0.2, -0.15) is 0 Å². The minimum absolute atomic E-state index is 0.00688. The second-order valence-electron chi connectivity index (χ2n) is 8.33. The quantitative estimate of drug-likeness (QED) is 0.0380. The number of carbonyl (C=O) groups is 5. The van der Waals surface area contributed by atoms with Crippen molar-refractivity contribution in [2.24, 2.45) is 10.6 Å². The molecule has 3 amide bonds. The number of thioether (sulfide) groups is 2. The summed E-state index contributed by atoms with van der Waals surface area (Å²) < 4.78 is 1.04. The molecule has 3 atom stereocenters. The van der Waals surface area contributed by atoms with E-state index in [1.54, 1.807) is 0 Å². The number of tetrazole rings is 1. The van der Waals surface area contributed by atoms with Crippen molar-refractivity contribution in [2.75, 3.05) is 30.0 Å².